The van der Waals surface area contributed by atoms with Gasteiger partial charge in [0, 0.05) is 0 Å². The van der Waals surface area contributed by atoms with Crippen molar-refractivity contribution in [2.45, 2.75) is 36.6 Å². The maximum absolute atomic E-state index is 10.8. The molecule has 1 saturated carbocycles. The van der Waals surface area contributed by atoms with Gasteiger partial charge in [-0.1, -0.05) is 0 Å². The molecule has 0 aliphatic heterocycles. The van der Waals surface area contributed by atoms with Gasteiger partial charge in [-0.05, 0) is 0 Å². The first kappa shape index (κ1) is 63.1. The molecule has 18 nitrogen and oxygen atoms in total. The third kappa shape index (κ3) is 26.4. The Morgan fingerprint density at radius 1 is 0.389 bits per heavy atom. The summed E-state index contributed by atoms with van der Waals surface area (Å²) in [4.78, 5) is 86.1. The molecule has 0 bridgehead atoms. The number of rotatable bonds is 8. The standard InChI is InChI=1S/C6H16O18P4.8Na/c7-1-3(21-25(9,10)11)2(8)5(23-27(15,16)17)6(24-28(18,19)20)4(1)22-26(12,13)14;;;;;;;;/h1-8H,(H2,9,10,11)(H2,12,13,14)(H2,15,16,17)(H2,18,19,20);;;;;;;;/q;8*+1/p-8/t1-,2-,3?,4-,5+,6?;;;;;;;;/m1......../s1. The zero-order chi connectivity index (χ0) is 22.3. The van der Waals surface area contributed by atoms with E-state index in [0.29, 0.717) is 0 Å². The van der Waals surface area contributed by atoms with E-state index in [2.05, 4.69) is 18.1 Å². The second-order valence-corrected chi connectivity index (χ2v) is 9.47. The predicted octanol–water partition coefficient (Wildman–Crippen LogP) is -32.4. The Labute approximate surface area is 381 Å². The summed E-state index contributed by atoms with van der Waals surface area (Å²) in [6.45, 7) is 0. The third-order valence-electron chi connectivity index (χ3n) is 3.00. The minimum absolute atomic E-state index is 0. The van der Waals surface area contributed by atoms with Gasteiger partial charge in [-0.2, -0.15) is 0 Å². The number of hydrogen-bond donors (Lipinski definition) is 2. The first-order chi connectivity index (χ1) is 12.2. The molecule has 0 aromatic heterocycles. The molecule has 0 aromatic rings. The number of phosphoric acid groups is 4. The van der Waals surface area contributed by atoms with Crippen LogP contribution < -0.4 is 276 Å². The van der Waals surface area contributed by atoms with Crippen LogP contribution in [0.4, 0.5) is 0 Å². The summed E-state index contributed by atoms with van der Waals surface area (Å²) in [5.41, 5.74) is 0. The SMILES string of the molecule is O=P([O-])([O-])OC1[C@@H](O)[C@H](OP(=O)([O-])[O-])C(OP(=O)([O-])[O-])[C@H](OP(=O)([O-])[O-])[C@@H]1O.[Na+].[Na+].[Na+].[Na+].[Na+].[Na+].[Na+].[Na+]. The quantitative estimate of drug-likeness (QED) is 0.178. The molecule has 6 atom stereocenters. The zero-order valence-corrected chi connectivity index (χ0v) is 40.3. The van der Waals surface area contributed by atoms with Crippen LogP contribution in [0.3, 0.4) is 0 Å². The normalized spacial score (nSPS) is 25.7. The van der Waals surface area contributed by atoms with Crippen molar-refractivity contribution >= 4 is 31.3 Å². The summed E-state index contributed by atoms with van der Waals surface area (Å²) < 4.78 is 57.8. The second kappa shape index (κ2) is 26.3. The molecular formula is C6H8Na8O18P4. The van der Waals surface area contributed by atoms with Gasteiger partial charge >= 0.3 is 236 Å². The molecule has 1 rings (SSSR count). The van der Waals surface area contributed by atoms with Crippen molar-refractivity contribution in [1.82, 2.24) is 0 Å². The average molecular weight is 676 g/mol. The summed E-state index contributed by atoms with van der Waals surface area (Å²) >= 11 is 0. The van der Waals surface area contributed by atoms with E-state index in [1.165, 1.54) is 0 Å². The molecule has 30 heteroatoms. The van der Waals surface area contributed by atoms with Crippen LogP contribution in [0.15, 0.2) is 0 Å². The smallest absolute Gasteiger partial charge is 0.790 e. The van der Waals surface area contributed by atoms with E-state index in [9.17, 15) is 67.6 Å². The Bertz CT molecular complexity index is 716. The second-order valence-electron chi connectivity index (χ2n) is 5.05. The van der Waals surface area contributed by atoms with Crippen LogP contribution in [-0.2, 0) is 36.4 Å². The van der Waals surface area contributed by atoms with Crippen molar-refractivity contribution in [3.8, 4) is 0 Å². The molecule has 0 spiro atoms. The van der Waals surface area contributed by atoms with E-state index in [4.69, 9.17) is 0 Å². The van der Waals surface area contributed by atoms with Gasteiger partial charge in [0.05, 0.1) is 31.3 Å². The molecule has 2 unspecified atom stereocenters. The van der Waals surface area contributed by atoms with Crippen LogP contribution in [0.2, 0.25) is 0 Å². The molecule has 0 saturated heterocycles. The fourth-order valence-corrected chi connectivity index (χ4v) is 4.41. The van der Waals surface area contributed by atoms with Crippen LogP contribution in [-0.4, -0.2) is 46.8 Å². The molecule has 0 radical (unpaired) electrons. The average Bonchev–Trinajstić information content (AvgIpc) is 2.39. The third-order valence-corrected chi connectivity index (χ3v) is 5.00. The van der Waals surface area contributed by atoms with E-state index < -0.39 is 67.9 Å². The molecular weight excluding hydrogens is 668 g/mol. The molecule has 1 aliphatic rings. The Morgan fingerprint density at radius 2 is 0.556 bits per heavy atom. The maximum Gasteiger partial charge on any atom is 1.00 e. The minimum atomic E-state index is -6.24. The predicted molar refractivity (Wildman–Crippen MR) is 61.9 cm³/mol. The molecule has 0 aromatic carbocycles. The molecule has 1 aliphatic carbocycles. The van der Waals surface area contributed by atoms with Gasteiger partial charge in [0.2, 0.25) is 0 Å². The van der Waals surface area contributed by atoms with Crippen molar-refractivity contribution in [2.75, 3.05) is 0 Å². The Balaban J connectivity index is -0.000000163. The van der Waals surface area contributed by atoms with Crippen LogP contribution >= 0.6 is 31.3 Å². The van der Waals surface area contributed by atoms with Crippen LogP contribution in [0, 0.1) is 0 Å². The van der Waals surface area contributed by atoms with Crippen molar-refractivity contribution in [1.29, 1.82) is 0 Å². The van der Waals surface area contributed by atoms with Gasteiger partial charge in [0.15, 0.2) is 0 Å². The molecule has 2 N–H and O–H groups in total. The van der Waals surface area contributed by atoms with Gasteiger partial charge < -0.3 is 85.7 Å². The van der Waals surface area contributed by atoms with Gasteiger partial charge in [0.25, 0.3) is 0 Å². The Hall–Kier alpha value is 8.36. The van der Waals surface area contributed by atoms with E-state index in [-0.39, 0.29) is 236 Å². The molecule has 36 heavy (non-hydrogen) atoms. The first-order valence-electron chi connectivity index (χ1n) is 6.38. The zero-order valence-electron chi connectivity index (χ0n) is 20.7. The fourth-order valence-electron chi connectivity index (χ4n) is 2.24. The fraction of sp³-hybridized carbons (Fsp3) is 1.00. The van der Waals surface area contributed by atoms with Crippen molar-refractivity contribution in [3.05, 3.63) is 0 Å². The Kier molecular flexibility index (Phi) is 46.1. The van der Waals surface area contributed by atoms with Crippen LogP contribution in [0.5, 0.6) is 0 Å². The summed E-state index contributed by atoms with van der Waals surface area (Å²) in [6.07, 6.45) is -17.6. The van der Waals surface area contributed by atoms with Gasteiger partial charge in [-0.15, -0.1) is 0 Å². The summed E-state index contributed by atoms with van der Waals surface area (Å²) in [6, 6.07) is 0. The first-order valence-corrected chi connectivity index (χ1v) is 12.2. The van der Waals surface area contributed by atoms with Crippen LogP contribution in [0.1, 0.15) is 0 Å². The topological polar surface area (TPSA) is 330 Å². The van der Waals surface area contributed by atoms with Crippen molar-refractivity contribution in [2.24, 2.45) is 0 Å². The van der Waals surface area contributed by atoms with Gasteiger partial charge in [-0.25, -0.2) is 0 Å². The maximum atomic E-state index is 10.8. The number of hydrogen-bond acceptors (Lipinski definition) is 18. The summed E-state index contributed by atoms with van der Waals surface area (Å²) in [5, 5.41) is 19.7. The molecule has 1 fully saturated rings. The van der Waals surface area contributed by atoms with Crippen molar-refractivity contribution in [3.63, 3.8) is 0 Å². The summed E-state index contributed by atoms with van der Waals surface area (Å²) in [5.74, 6) is 0. The molecule has 0 amide bonds. The minimum Gasteiger partial charge on any atom is -0.790 e. The van der Waals surface area contributed by atoms with Gasteiger partial charge in [0.1, 0.15) is 36.6 Å². The number of phosphoric ester groups is 4. The Morgan fingerprint density at radius 3 is 0.750 bits per heavy atom. The van der Waals surface area contributed by atoms with E-state index >= 15 is 0 Å². The van der Waals surface area contributed by atoms with E-state index in [0.717, 1.165) is 0 Å². The van der Waals surface area contributed by atoms with E-state index in [1.54, 1.807) is 0 Å². The number of aliphatic hydroxyl groups is 2. The van der Waals surface area contributed by atoms with Gasteiger partial charge in [-0.3, -0.25) is 0 Å². The van der Waals surface area contributed by atoms with Crippen molar-refractivity contribution < 1.29 is 322 Å². The van der Waals surface area contributed by atoms with Crippen LogP contribution in [0.25, 0.3) is 0 Å². The van der Waals surface area contributed by atoms with E-state index in [1.807, 2.05) is 0 Å². The number of aliphatic hydroxyl groups excluding tert-OH is 2. The largest absolute Gasteiger partial charge is 1.00 e. The summed E-state index contributed by atoms with van der Waals surface area (Å²) in [7, 11) is -24.8. The molecule has 0 heterocycles. The molecule has 168 valence electrons. The monoisotopic (exact) mass is 676 g/mol.